The molecule has 1 aromatic heterocycles. The van der Waals surface area contributed by atoms with Gasteiger partial charge in [-0.25, -0.2) is 9.48 Å². The summed E-state index contributed by atoms with van der Waals surface area (Å²) in [6, 6.07) is 25.1. The van der Waals surface area contributed by atoms with Crippen molar-refractivity contribution in [2.45, 2.75) is 58.0 Å². The van der Waals surface area contributed by atoms with E-state index in [2.05, 4.69) is 31.3 Å². The van der Waals surface area contributed by atoms with Crippen LogP contribution < -0.4 is 10.1 Å². The Morgan fingerprint density at radius 3 is 2.52 bits per heavy atom. The molecule has 8 heteroatoms. The molecule has 1 aliphatic rings. The fraction of sp³-hybridized carbons (Fsp3) is 0.281. The highest BCUT2D eigenvalue weighted by atomic mass is 32.2. The molecule has 0 bridgehead atoms. The van der Waals surface area contributed by atoms with E-state index in [4.69, 9.17) is 19.6 Å². The number of nitrogens with zero attached hydrogens (tertiary/aromatic N) is 3. The fourth-order valence-corrected chi connectivity index (χ4v) is 5.53. The summed E-state index contributed by atoms with van der Waals surface area (Å²) in [5, 5.41) is 8.82. The van der Waals surface area contributed by atoms with Crippen molar-refractivity contribution in [2.75, 3.05) is 11.1 Å². The summed E-state index contributed by atoms with van der Waals surface area (Å²) >= 11 is 1.62. The van der Waals surface area contributed by atoms with E-state index in [1.165, 1.54) is 0 Å². The van der Waals surface area contributed by atoms with Crippen LogP contribution in [0.25, 0.3) is 0 Å². The predicted octanol–water partition coefficient (Wildman–Crippen LogP) is 7.09. The molecule has 0 spiro atoms. The Balaban J connectivity index is 1.50. The van der Waals surface area contributed by atoms with Crippen molar-refractivity contribution in [3.05, 3.63) is 112 Å². The van der Waals surface area contributed by atoms with Gasteiger partial charge in [-0.2, -0.15) is 4.98 Å². The molecule has 40 heavy (non-hydrogen) atoms. The number of aryl methyl sites for hydroxylation is 1. The number of para-hydroxylation sites is 1. The molecule has 0 saturated carbocycles. The maximum atomic E-state index is 13.7. The highest BCUT2D eigenvalue weighted by Gasteiger charge is 2.37. The molecule has 0 radical (unpaired) electrons. The summed E-state index contributed by atoms with van der Waals surface area (Å²) in [6.07, 6.45) is 2.18. The number of esters is 1. The molecule has 1 unspecified atom stereocenters. The van der Waals surface area contributed by atoms with Gasteiger partial charge in [-0.3, -0.25) is 0 Å². The Bertz CT molecular complexity index is 1500. The number of fused-ring (bicyclic) bond motifs is 1. The number of anilines is 1. The lowest BCUT2D eigenvalue weighted by molar-refractivity contribution is -0.140. The number of carbonyl (C=O) groups excluding carboxylic acids is 1. The summed E-state index contributed by atoms with van der Waals surface area (Å²) in [4.78, 5) is 18.4. The summed E-state index contributed by atoms with van der Waals surface area (Å²) in [5.74, 6) is 1.79. The van der Waals surface area contributed by atoms with Crippen molar-refractivity contribution in [3.8, 4) is 5.75 Å². The zero-order valence-corrected chi connectivity index (χ0v) is 23.9. The molecule has 5 rings (SSSR count). The quantitative estimate of drug-likeness (QED) is 0.120. The lowest BCUT2D eigenvalue weighted by atomic mass is 9.95. The van der Waals surface area contributed by atoms with E-state index in [0.717, 1.165) is 40.8 Å². The Kier molecular flexibility index (Phi) is 8.86. The van der Waals surface area contributed by atoms with Gasteiger partial charge in [-0.1, -0.05) is 97.9 Å². The van der Waals surface area contributed by atoms with E-state index in [-0.39, 0.29) is 6.61 Å². The molecule has 2 heterocycles. The Morgan fingerprint density at radius 1 is 0.975 bits per heavy atom. The molecule has 0 saturated heterocycles. The third kappa shape index (κ3) is 6.23. The molecule has 3 aromatic carbocycles. The zero-order chi connectivity index (χ0) is 27.9. The van der Waals surface area contributed by atoms with Crippen LogP contribution in [0.15, 0.2) is 95.3 Å². The number of nitrogens with one attached hydrogen (secondary N) is 1. The molecule has 1 N–H and O–H groups in total. The molecule has 1 aliphatic heterocycles. The first-order chi connectivity index (χ1) is 19.5. The third-order valence-corrected chi connectivity index (χ3v) is 7.78. The number of hydrogen-bond acceptors (Lipinski definition) is 7. The van der Waals surface area contributed by atoms with Gasteiger partial charge in [0.1, 0.15) is 25.0 Å². The molecule has 7 nitrogen and oxygen atoms in total. The van der Waals surface area contributed by atoms with Crippen LogP contribution in [0, 0.1) is 6.92 Å². The first-order valence-electron chi connectivity index (χ1n) is 13.6. The molecule has 0 aliphatic carbocycles. The van der Waals surface area contributed by atoms with Gasteiger partial charge >= 0.3 is 5.97 Å². The maximum Gasteiger partial charge on any atom is 0.338 e. The second kappa shape index (κ2) is 12.9. The number of aromatic nitrogens is 3. The van der Waals surface area contributed by atoms with E-state index in [1.807, 2.05) is 73.7 Å². The second-order valence-corrected chi connectivity index (χ2v) is 10.8. The van der Waals surface area contributed by atoms with Crippen molar-refractivity contribution in [1.82, 2.24) is 14.8 Å². The van der Waals surface area contributed by atoms with Crippen molar-refractivity contribution in [1.29, 1.82) is 0 Å². The normalized spacial score (nSPS) is 14.4. The maximum absolute atomic E-state index is 13.7. The molecule has 1 atom stereocenters. The van der Waals surface area contributed by atoms with Crippen LogP contribution in [-0.2, 0) is 22.7 Å². The number of hydrogen-bond donors (Lipinski definition) is 1. The number of allylic oxidation sites excluding steroid dienone is 1. The zero-order valence-electron chi connectivity index (χ0n) is 23.1. The molecule has 206 valence electrons. The molecule has 0 fully saturated rings. The van der Waals surface area contributed by atoms with Crippen LogP contribution in [0.1, 0.15) is 55.0 Å². The highest BCUT2D eigenvalue weighted by molar-refractivity contribution is 7.99. The topological polar surface area (TPSA) is 78.3 Å². The van der Waals surface area contributed by atoms with Crippen LogP contribution in [0.2, 0.25) is 0 Å². The lowest BCUT2D eigenvalue weighted by Crippen LogP contribution is -2.30. The Morgan fingerprint density at radius 2 is 1.73 bits per heavy atom. The predicted molar refractivity (Wildman–Crippen MR) is 158 cm³/mol. The summed E-state index contributed by atoms with van der Waals surface area (Å²) in [6.45, 7) is 6.71. The van der Waals surface area contributed by atoms with Gasteiger partial charge in [0.25, 0.3) is 0 Å². The number of ether oxygens (including phenoxy) is 2. The minimum atomic E-state index is -0.569. The number of carbonyl (C=O) groups is 1. The molecule has 4 aromatic rings. The molecular weight excluding hydrogens is 520 g/mol. The fourth-order valence-electron chi connectivity index (χ4n) is 4.62. The van der Waals surface area contributed by atoms with Crippen molar-refractivity contribution in [2.24, 2.45) is 0 Å². The van der Waals surface area contributed by atoms with Gasteiger partial charge in [-0.05, 0) is 43.0 Å². The highest BCUT2D eigenvalue weighted by Crippen LogP contribution is 2.40. The number of benzene rings is 3. The molecule has 0 amide bonds. The van der Waals surface area contributed by atoms with Gasteiger partial charge in [0.05, 0.1) is 5.57 Å². The van der Waals surface area contributed by atoms with Gasteiger partial charge in [0.15, 0.2) is 0 Å². The lowest BCUT2D eigenvalue weighted by Gasteiger charge is -2.29. The van der Waals surface area contributed by atoms with Gasteiger partial charge < -0.3 is 14.8 Å². The van der Waals surface area contributed by atoms with Crippen LogP contribution >= 0.6 is 11.8 Å². The van der Waals surface area contributed by atoms with Gasteiger partial charge in [0.2, 0.25) is 11.1 Å². The smallest absolute Gasteiger partial charge is 0.338 e. The monoisotopic (exact) mass is 554 g/mol. The molecular formula is C32H34N4O3S. The minimum absolute atomic E-state index is 0.178. The third-order valence-electron chi connectivity index (χ3n) is 6.85. The van der Waals surface area contributed by atoms with Crippen LogP contribution in [0.4, 0.5) is 5.95 Å². The minimum Gasteiger partial charge on any atom is -0.489 e. The average Bonchev–Trinajstić information content (AvgIpc) is 3.38. The average molecular weight is 555 g/mol. The van der Waals surface area contributed by atoms with Crippen LogP contribution in [0.5, 0.6) is 5.75 Å². The summed E-state index contributed by atoms with van der Waals surface area (Å²) in [7, 11) is 0. The Hall–Kier alpha value is -4.04. The SMILES string of the molecule is CCCCSc1nc2n(n1)C(c1ccccc1OCc1ccccc1C)C(C(=O)OCc1ccccc1)=C(C)N2. The van der Waals surface area contributed by atoms with E-state index >= 15 is 0 Å². The van der Waals surface area contributed by atoms with E-state index in [1.54, 1.807) is 16.4 Å². The van der Waals surface area contributed by atoms with E-state index in [9.17, 15) is 4.79 Å². The van der Waals surface area contributed by atoms with Gasteiger partial charge in [0, 0.05) is 17.0 Å². The van der Waals surface area contributed by atoms with Crippen molar-refractivity contribution < 1.29 is 14.3 Å². The van der Waals surface area contributed by atoms with E-state index < -0.39 is 12.0 Å². The van der Waals surface area contributed by atoms with Gasteiger partial charge in [-0.15, -0.1) is 5.10 Å². The number of unbranched alkanes of at least 4 members (excludes halogenated alkanes) is 1. The first-order valence-corrected chi connectivity index (χ1v) is 14.6. The number of rotatable bonds is 11. The van der Waals surface area contributed by atoms with E-state index in [0.29, 0.717) is 34.7 Å². The first kappa shape index (κ1) is 27.5. The standard InChI is InChI=1S/C32H34N4O3S/c1-4-5-19-40-32-34-31-33-23(3)28(30(37)39-20-24-14-7-6-8-15-24)29(36(31)35-32)26-17-11-12-18-27(26)38-21-25-16-10-9-13-22(25)2/h6-18,29H,4-5,19-21H2,1-3H3,(H,33,34,35). The summed E-state index contributed by atoms with van der Waals surface area (Å²) < 4.78 is 14.0. The largest absolute Gasteiger partial charge is 0.489 e. The van der Waals surface area contributed by atoms with Crippen LogP contribution in [0.3, 0.4) is 0 Å². The summed E-state index contributed by atoms with van der Waals surface area (Å²) in [5.41, 5.74) is 5.17. The second-order valence-electron chi connectivity index (χ2n) is 9.75. The number of thioether (sulfide) groups is 1. The van der Waals surface area contributed by atoms with Crippen LogP contribution in [-0.4, -0.2) is 26.5 Å². The Labute approximate surface area is 239 Å². The van der Waals surface area contributed by atoms with Crippen molar-refractivity contribution in [3.63, 3.8) is 0 Å². The van der Waals surface area contributed by atoms with Crippen molar-refractivity contribution >= 4 is 23.7 Å².